The van der Waals surface area contributed by atoms with E-state index in [1.165, 1.54) is 0 Å². The first-order chi connectivity index (χ1) is 12.0. The highest BCUT2D eigenvalue weighted by Gasteiger charge is 2.21. The molecule has 1 aliphatic heterocycles. The summed E-state index contributed by atoms with van der Waals surface area (Å²) in [5.74, 6) is 0.485. The van der Waals surface area contributed by atoms with Gasteiger partial charge in [-0.2, -0.15) is 0 Å². The van der Waals surface area contributed by atoms with E-state index in [2.05, 4.69) is 14.9 Å². The molecule has 0 aromatic carbocycles. The quantitative estimate of drug-likeness (QED) is 0.823. The van der Waals surface area contributed by atoms with Crippen molar-refractivity contribution in [3.63, 3.8) is 0 Å². The Morgan fingerprint density at radius 3 is 2.60 bits per heavy atom. The zero-order chi connectivity index (χ0) is 18.0. The topological polar surface area (TPSA) is 73.0 Å². The molecule has 0 amide bonds. The van der Waals surface area contributed by atoms with Crippen LogP contribution >= 0.6 is 0 Å². The number of rotatable bonds is 4. The first kappa shape index (κ1) is 17.5. The van der Waals surface area contributed by atoms with Crippen LogP contribution in [0.1, 0.15) is 29.8 Å². The van der Waals surface area contributed by atoms with E-state index < -0.39 is 0 Å². The fourth-order valence-corrected chi connectivity index (χ4v) is 3.31. The molecule has 1 fully saturated rings. The van der Waals surface area contributed by atoms with Crippen LogP contribution in [0, 0.1) is 19.8 Å². The Kier molecular flexibility index (Phi) is 5.13. The van der Waals surface area contributed by atoms with Gasteiger partial charge in [-0.1, -0.05) is 0 Å². The van der Waals surface area contributed by atoms with Crippen molar-refractivity contribution in [3.05, 3.63) is 56.4 Å². The van der Waals surface area contributed by atoms with Gasteiger partial charge < -0.3 is 0 Å². The number of hydrogen-bond donors (Lipinski definition) is 0. The molecule has 1 saturated heterocycles. The molecule has 0 spiro atoms. The Morgan fingerprint density at radius 1 is 1.16 bits per heavy atom. The number of nitrogens with zero attached hydrogens (tertiary/aromatic N) is 5. The number of hydrogen-bond acceptors (Lipinski definition) is 5. The molecule has 0 atom stereocenters. The van der Waals surface area contributed by atoms with Crippen LogP contribution in [-0.4, -0.2) is 37.1 Å². The number of aryl methyl sites for hydroxylation is 1. The van der Waals surface area contributed by atoms with E-state index in [-0.39, 0.29) is 11.2 Å². The molecule has 0 N–H and O–H groups in total. The van der Waals surface area contributed by atoms with Gasteiger partial charge in [0.2, 0.25) is 0 Å². The molecule has 25 heavy (non-hydrogen) atoms. The molecule has 1 aliphatic rings. The molecule has 0 saturated carbocycles. The van der Waals surface area contributed by atoms with Crippen LogP contribution < -0.4 is 11.2 Å². The highest BCUT2D eigenvalue weighted by atomic mass is 16.1. The van der Waals surface area contributed by atoms with Crippen molar-refractivity contribution in [1.82, 2.24) is 24.0 Å². The first-order valence-corrected chi connectivity index (χ1v) is 8.71. The summed E-state index contributed by atoms with van der Waals surface area (Å²) in [6.07, 6.45) is 5.32. The van der Waals surface area contributed by atoms with Gasteiger partial charge in [0.1, 0.15) is 0 Å². The van der Waals surface area contributed by atoms with Gasteiger partial charge >= 0.3 is 5.69 Å². The lowest BCUT2D eigenvalue weighted by Crippen LogP contribution is -2.37. The molecule has 2 aromatic rings. The van der Waals surface area contributed by atoms with Crippen molar-refractivity contribution >= 4 is 0 Å². The fourth-order valence-electron chi connectivity index (χ4n) is 3.31. The van der Waals surface area contributed by atoms with Gasteiger partial charge in [-0.25, -0.2) is 14.8 Å². The minimum Gasteiger partial charge on any atom is -0.299 e. The van der Waals surface area contributed by atoms with Crippen molar-refractivity contribution in [2.75, 3.05) is 13.1 Å². The maximum absolute atomic E-state index is 12.3. The van der Waals surface area contributed by atoms with Crippen molar-refractivity contribution in [1.29, 1.82) is 0 Å². The molecule has 7 heteroatoms. The number of likely N-dealkylation sites (tertiary alicyclic amines) is 1. The van der Waals surface area contributed by atoms with E-state index in [0.29, 0.717) is 5.92 Å². The second-order valence-corrected chi connectivity index (χ2v) is 6.91. The Labute approximate surface area is 147 Å². The van der Waals surface area contributed by atoms with Crippen molar-refractivity contribution in [2.24, 2.45) is 13.0 Å². The molecule has 0 unspecified atom stereocenters. The minimum absolute atomic E-state index is 0.0710. The van der Waals surface area contributed by atoms with Crippen LogP contribution in [0.25, 0.3) is 0 Å². The van der Waals surface area contributed by atoms with Crippen LogP contribution in [-0.2, 0) is 20.1 Å². The second kappa shape index (κ2) is 7.31. The van der Waals surface area contributed by atoms with Gasteiger partial charge in [-0.15, -0.1) is 0 Å². The van der Waals surface area contributed by atoms with Crippen LogP contribution in [0.15, 0.2) is 28.2 Å². The van der Waals surface area contributed by atoms with Gasteiger partial charge in [-0.05, 0) is 51.8 Å². The smallest absolute Gasteiger partial charge is 0.299 e. The van der Waals surface area contributed by atoms with Gasteiger partial charge in [-0.3, -0.25) is 18.8 Å². The Morgan fingerprint density at radius 2 is 1.88 bits per heavy atom. The summed E-state index contributed by atoms with van der Waals surface area (Å²) in [6, 6.07) is 1.90. The van der Waals surface area contributed by atoms with E-state index in [1.807, 2.05) is 19.9 Å². The normalized spacial score (nSPS) is 16.3. The fraction of sp³-hybridized carbons (Fsp3) is 0.556. The second-order valence-electron chi connectivity index (χ2n) is 6.91. The summed E-state index contributed by atoms with van der Waals surface area (Å²) in [5.41, 5.74) is 2.38. The first-order valence-electron chi connectivity index (χ1n) is 8.71. The summed E-state index contributed by atoms with van der Waals surface area (Å²) >= 11 is 0. The van der Waals surface area contributed by atoms with Gasteiger partial charge in [0.05, 0.1) is 6.33 Å². The zero-order valence-corrected chi connectivity index (χ0v) is 15.1. The van der Waals surface area contributed by atoms with E-state index in [1.54, 1.807) is 28.7 Å². The predicted octanol–water partition coefficient (Wildman–Crippen LogP) is 0.866. The summed E-state index contributed by atoms with van der Waals surface area (Å²) in [6.45, 7) is 7.12. The lowest BCUT2D eigenvalue weighted by atomic mass is 9.96. The number of aromatic nitrogens is 4. The molecule has 7 nitrogen and oxygen atoms in total. The third-order valence-corrected chi connectivity index (χ3v) is 5.23. The van der Waals surface area contributed by atoms with Crippen LogP contribution in [0.4, 0.5) is 0 Å². The van der Waals surface area contributed by atoms with Crippen molar-refractivity contribution in [3.8, 4) is 0 Å². The highest BCUT2D eigenvalue weighted by Crippen LogP contribution is 2.20. The lowest BCUT2D eigenvalue weighted by molar-refractivity contribution is 0.163. The monoisotopic (exact) mass is 343 g/mol. The molecule has 3 heterocycles. The zero-order valence-electron chi connectivity index (χ0n) is 15.1. The molecule has 134 valence electrons. The van der Waals surface area contributed by atoms with Crippen molar-refractivity contribution in [2.45, 2.75) is 39.8 Å². The van der Waals surface area contributed by atoms with Gasteiger partial charge in [0.25, 0.3) is 5.56 Å². The van der Waals surface area contributed by atoms with Crippen molar-refractivity contribution < 1.29 is 0 Å². The summed E-state index contributed by atoms with van der Waals surface area (Å²) in [7, 11) is 1.76. The largest absolute Gasteiger partial charge is 0.347 e. The molecule has 2 aromatic heterocycles. The van der Waals surface area contributed by atoms with Gasteiger partial charge in [0.15, 0.2) is 0 Å². The molecule has 0 bridgehead atoms. The SMILES string of the molecule is Cc1ncn(CC2CCN(Cc3ccnc(=O)n3C)CC2)c(=O)c1C. The average molecular weight is 343 g/mol. The summed E-state index contributed by atoms with van der Waals surface area (Å²) in [5, 5.41) is 0. The predicted molar refractivity (Wildman–Crippen MR) is 95.5 cm³/mol. The molecule has 0 aliphatic carbocycles. The maximum atomic E-state index is 12.3. The lowest BCUT2D eigenvalue weighted by Gasteiger charge is -2.32. The van der Waals surface area contributed by atoms with Gasteiger partial charge in [0, 0.05) is 43.3 Å². The molecular formula is C18H25N5O2. The van der Waals surface area contributed by atoms with E-state index in [4.69, 9.17) is 0 Å². The Balaban J connectivity index is 1.59. The third kappa shape index (κ3) is 3.87. The highest BCUT2D eigenvalue weighted by molar-refractivity contribution is 5.12. The van der Waals surface area contributed by atoms with Crippen LogP contribution in [0.5, 0.6) is 0 Å². The minimum atomic E-state index is -0.214. The van der Waals surface area contributed by atoms with E-state index in [9.17, 15) is 9.59 Å². The van der Waals surface area contributed by atoms with E-state index >= 15 is 0 Å². The van der Waals surface area contributed by atoms with Crippen LogP contribution in [0.2, 0.25) is 0 Å². The third-order valence-electron chi connectivity index (χ3n) is 5.23. The summed E-state index contributed by atoms with van der Waals surface area (Å²) in [4.78, 5) is 34.4. The molecule has 3 rings (SSSR count). The average Bonchev–Trinajstić information content (AvgIpc) is 2.61. The number of piperidine rings is 1. The Hall–Kier alpha value is -2.28. The standard InChI is InChI=1S/C18H25N5O2/c1-13-14(2)20-12-23(17(13)24)10-15-5-8-22(9-6-15)11-16-4-7-19-18(25)21(16)3/h4,7,12,15H,5-6,8-11H2,1-3H3. The maximum Gasteiger partial charge on any atom is 0.347 e. The Bertz CT molecular complexity index is 863. The van der Waals surface area contributed by atoms with E-state index in [0.717, 1.165) is 56.0 Å². The molecule has 0 radical (unpaired) electrons. The summed E-state index contributed by atoms with van der Waals surface area (Å²) < 4.78 is 3.35. The molecular weight excluding hydrogens is 318 g/mol. The van der Waals surface area contributed by atoms with Crippen LogP contribution in [0.3, 0.4) is 0 Å².